The van der Waals surface area contributed by atoms with E-state index in [-0.39, 0.29) is 50.0 Å². The Hall–Kier alpha value is -3.11. The summed E-state index contributed by atoms with van der Waals surface area (Å²) in [6.45, 7) is 21.2. The minimum absolute atomic E-state index is 0.111. The molecule has 1 aromatic rings. The van der Waals surface area contributed by atoms with Gasteiger partial charge in [0.15, 0.2) is 12.4 Å². The van der Waals surface area contributed by atoms with E-state index in [4.69, 9.17) is 33.2 Å². The third-order valence-electron chi connectivity index (χ3n) is 12.2. The highest BCUT2D eigenvalue weighted by Gasteiger charge is 2.52. The SMILES string of the molecule is C=C1CO[C@H]2[C@@H](C)N(C1)C[C@H](C)C[C@@](C)(O)[C@H](O[C@@H]1O[C@H](C)C[C@H](N(C)C)[C@H]1OC(C)=O)[C@@H](C)C(OC(=O)Cc1ccc(OC)cc1)[C@@H](C)C(=O)O[C@H](CC)[C@@]2(C)O. The lowest BCUT2D eigenvalue weighted by molar-refractivity contribution is -0.301. The van der Waals surface area contributed by atoms with Gasteiger partial charge in [-0.15, -0.1) is 0 Å². The molecule has 0 aliphatic carbocycles. The molecule has 3 heterocycles. The number of fused-ring (bicyclic) bond motifs is 2. The Labute approximate surface area is 345 Å². The van der Waals surface area contributed by atoms with Gasteiger partial charge in [0.05, 0.1) is 49.9 Å². The van der Waals surface area contributed by atoms with Crippen LogP contribution in [0.15, 0.2) is 36.4 Å². The fraction of sp³-hybridized carbons (Fsp3) is 0.750. The summed E-state index contributed by atoms with van der Waals surface area (Å²) in [4.78, 5) is 44.9. The topological polar surface area (TPSA) is 163 Å². The van der Waals surface area contributed by atoms with E-state index in [1.165, 1.54) is 6.92 Å². The lowest BCUT2D eigenvalue weighted by Gasteiger charge is -2.47. The highest BCUT2D eigenvalue weighted by Crippen LogP contribution is 2.39. The van der Waals surface area contributed by atoms with Crippen molar-refractivity contribution in [3.63, 3.8) is 0 Å². The number of methoxy groups -OCH3 is 1. The standard InChI is InChI=1S/C44H70N2O12/c1-14-35-44(10,51)40-30(7)46(23-26(3)24-53-40)22-25(2)21-43(9,50)39(58-42-38(55-31(8)47)34(45(11)12)19-27(4)54-42)28(5)37(29(6)41(49)56-35)57-36(48)20-32-15-17-33(52-13)18-16-32/h15-18,25,27-30,34-35,37-40,42,50-51H,3,14,19-24H2,1-2,4-13H3/t25-,27-,28+,29-,30-,34+,35-,37?,38-,39-,40+,42+,43-,44-/m1/s1. The number of aliphatic hydroxyl groups is 2. The summed E-state index contributed by atoms with van der Waals surface area (Å²) < 4.78 is 43.2. The van der Waals surface area contributed by atoms with Crippen molar-refractivity contribution < 1.29 is 57.8 Å². The smallest absolute Gasteiger partial charge is 0.312 e. The lowest BCUT2D eigenvalue weighted by Crippen LogP contribution is -2.60. The number of likely N-dealkylation sites (N-methyl/N-ethyl adjacent to an activating group) is 1. The third-order valence-corrected chi connectivity index (χ3v) is 12.2. The van der Waals surface area contributed by atoms with Crippen molar-refractivity contribution in [2.75, 3.05) is 40.9 Å². The molecule has 58 heavy (non-hydrogen) atoms. The van der Waals surface area contributed by atoms with Crippen LogP contribution in [0.1, 0.15) is 87.1 Å². The monoisotopic (exact) mass is 818 g/mol. The van der Waals surface area contributed by atoms with Gasteiger partial charge in [-0.05, 0) is 97.2 Å². The minimum atomic E-state index is -1.62. The summed E-state index contributed by atoms with van der Waals surface area (Å²) in [6.07, 6.45) is -5.45. The number of cyclic esters (lactones) is 1. The van der Waals surface area contributed by atoms with Crippen LogP contribution in [0.25, 0.3) is 0 Å². The maximum Gasteiger partial charge on any atom is 0.312 e. The number of ether oxygens (including phenoxy) is 7. The number of esters is 3. The molecule has 328 valence electrons. The Morgan fingerprint density at radius 2 is 1.69 bits per heavy atom. The van der Waals surface area contributed by atoms with Crippen LogP contribution in [-0.4, -0.2) is 145 Å². The first kappa shape index (κ1) is 47.6. The minimum Gasteiger partial charge on any atom is -0.497 e. The molecule has 3 aliphatic heterocycles. The molecule has 14 heteroatoms. The highest BCUT2D eigenvalue weighted by atomic mass is 16.7. The number of hydrogen-bond acceptors (Lipinski definition) is 14. The van der Waals surface area contributed by atoms with E-state index in [0.717, 1.165) is 5.57 Å². The van der Waals surface area contributed by atoms with Gasteiger partial charge in [0.1, 0.15) is 29.7 Å². The number of benzene rings is 1. The van der Waals surface area contributed by atoms with Crippen molar-refractivity contribution in [1.82, 2.24) is 9.80 Å². The van der Waals surface area contributed by atoms with Crippen LogP contribution in [0.4, 0.5) is 0 Å². The largest absolute Gasteiger partial charge is 0.497 e. The molecule has 3 saturated heterocycles. The second-order valence-electron chi connectivity index (χ2n) is 17.7. The quantitative estimate of drug-likeness (QED) is 0.206. The molecule has 15 atom stereocenters. The first-order valence-corrected chi connectivity index (χ1v) is 20.7. The highest BCUT2D eigenvalue weighted by molar-refractivity contribution is 5.76. The molecule has 3 aliphatic rings. The third kappa shape index (κ3) is 11.6. The first-order chi connectivity index (χ1) is 27.1. The van der Waals surface area contributed by atoms with Gasteiger partial charge in [-0.25, -0.2) is 0 Å². The molecule has 3 fully saturated rings. The van der Waals surface area contributed by atoms with Gasteiger partial charge in [0.2, 0.25) is 0 Å². The summed E-state index contributed by atoms with van der Waals surface area (Å²) in [5.41, 5.74) is -1.75. The Balaban J connectivity index is 1.85. The van der Waals surface area contributed by atoms with Crippen LogP contribution in [0.2, 0.25) is 0 Å². The molecular formula is C44H70N2O12. The van der Waals surface area contributed by atoms with Crippen LogP contribution in [0, 0.1) is 17.8 Å². The molecule has 0 amide bonds. The summed E-state index contributed by atoms with van der Waals surface area (Å²) in [5, 5.41) is 25.0. The molecule has 0 aromatic heterocycles. The molecule has 4 rings (SSSR count). The van der Waals surface area contributed by atoms with Crippen molar-refractivity contribution in [2.24, 2.45) is 17.8 Å². The number of carbonyl (C=O) groups excluding carboxylic acids is 3. The zero-order valence-electron chi connectivity index (χ0n) is 36.8. The fourth-order valence-corrected chi connectivity index (χ4v) is 9.25. The van der Waals surface area contributed by atoms with Crippen molar-refractivity contribution in [1.29, 1.82) is 0 Å². The van der Waals surface area contributed by atoms with Gasteiger partial charge in [-0.2, -0.15) is 0 Å². The molecule has 0 spiro atoms. The molecule has 2 bridgehead atoms. The van der Waals surface area contributed by atoms with Gasteiger partial charge in [0, 0.05) is 32.0 Å². The van der Waals surface area contributed by atoms with Crippen LogP contribution in [0.5, 0.6) is 5.75 Å². The first-order valence-electron chi connectivity index (χ1n) is 20.7. The van der Waals surface area contributed by atoms with Gasteiger partial charge >= 0.3 is 17.9 Å². The second-order valence-corrected chi connectivity index (χ2v) is 17.7. The predicted octanol–water partition coefficient (Wildman–Crippen LogP) is 4.31. The molecular weight excluding hydrogens is 748 g/mol. The van der Waals surface area contributed by atoms with E-state index >= 15 is 0 Å². The average Bonchev–Trinajstić information content (AvgIpc) is 3.27. The van der Waals surface area contributed by atoms with E-state index < -0.39 is 77.8 Å². The van der Waals surface area contributed by atoms with Crippen LogP contribution in [0.3, 0.4) is 0 Å². The Morgan fingerprint density at radius 1 is 1.03 bits per heavy atom. The second kappa shape index (κ2) is 20.0. The van der Waals surface area contributed by atoms with Crippen LogP contribution >= 0.6 is 0 Å². The van der Waals surface area contributed by atoms with E-state index in [1.54, 1.807) is 59.1 Å². The molecule has 14 nitrogen and oxygen atoms in total. The fourth-order valence-electron chi connectivity index (χ4n) is 9.25. The van der Waals surface area contributed by atoms with E-state index in [9.17, 15) is 24.6 Å². The van der Waals surface area contributed by atoms with Gasteiger partial charge < -0.3 is 48.3 Å². The Morgan fingerprint density at radius 3 is 2.28 bits per heavy atom. The molecule has 2 N–H and O–H groups in total. The zero-order chi connectivity index (χ0) is 43.3. The predicted molar refractivity (Wildman–Crippen MR) is 217 cm³/mol. The Kier molecular flexibility index (Phi) is 16.4. The van der Waals surface area contributed by atoms with Gasteiger partial charge in [-0.1, -0.05) is 39.5 Å². The van der Waals surface area contributed by atoms with Gasteiger partial charge in [0.25, 0.3) is 0 Å². The molecule has 2 unspecified atom stereocenters. The summed E-state index contributed by atoms with van der Waals surface area (Å²) in [7, 11) is 5.34. The number of nitrogens with zero attached hydrogens (tertiary/aromatic N) is 2. The van der Waals surface area contributed by atoms with Gasteiger partial charge in [-0.3, -0.25) is 19.3 Å². The van der Waals surface area contributed by atoms with Crippen LogP contribution < -0.4 is 4.74 Å². The molecule has 1 aromatic carbocycles. The van der Waals surface area contributed by atoms with E-state index in [2.05, 4.69) is 11.5 Å². The molecule has 0 radical (unpaired) electrons. The lowest BCUT2D eigenvalue weighted by atomic mass is 9.77. The number of rotatable bonds is 9. The summed E-state index contributed by atoms with van der Waals surface area (Å²) >= 11 is 0. The van der Waals surface area contributed by atoms with E-state index in [0.29, 0.717) is 30.8 Å². The number of hydrogen-bond donors (Lipinski definition) is 2. The Bertz CT molecular complexity index is 1550. The van der Waals surface area contributed by atoms with E-state index in [1.807, 2.05) is 46.7 Å². The maximum atomic E-state index is 14.4. The zero-order valence-corrected chi connectivity index (χ0v) is 36.8. The van der Waals surface area contributed by atoms with Crippen molar-refractivity contribution in [2.45, 2.75) is 154 Å². The molecule has 0 saturated carbocycles. The summed E-state index contributed by atoms with van der Waals surface area (Å²) in [5.74, 6) is -3.33. The van der Waals surface area contributed by atoms with Crippen LogP contribution in [-0.2, 0) is 49.2 Å². The van der Waals surface area contributed by atoms with Crippen molar-refractivity contribution >= 4 is 17.9 Å². The normalized spacial score (nSPS) is 39.4. The van der Waals surface area contributed by atoms with Crippen molar-refractivity contribution in [3.05, 3.63) is 42.0 Å². The number of carbonyl (C=O) groups is 3. The maximum absolute atomic E-state index is 14.4. The summed E-state index contributed by atoms with van der Waals surface area (Å²) in [6, 6.07) is 6.39. The van der Waals surface area contributed by atoms with Crippen molar-refractivity contribution in [3.8, 4) is 5.75 Å². The average molecular weight is 819 g/mol.